The van der Waals surface area contributed by atoms with E-state index in [4.69, 9.17) is 16.3 Å². The molecule has 2 aromatic carbocycles. The van der Waals surface area contributed by atoms with Crippen LogP contribution in [0, 0.1) is 17.5 Å². The predicted octanol–water partition coefficient (Wildman–Crippen LogP) is 6.56. The summed E-state index contributed by atoms with van der Waals surface area (Å²) in [5, 5.41) is -0.0605. The third-order valence-electron chi connectivity index (χ3n) is 3.89. The summed E-state index contributed by atoms with van der Waals surface area (Å²) in [6.07, 6.45) is 3.28. The van der Waals surface area contributed by atoms with E-state index in [0.717, 1.165) is 19.3 Å². The average Bonchev–Trinajstić information content (AvgIpc) is 2.58. The lowest BCUT2D eigenvalue weighted by atomic mass is 10.0. The summed E-state index contributed by atoms with van der Waals surface area (Å²) in [5.74, 6) is -3.16. The number of benzene rings is 2. The Hall–Kier alpha value is -1.68. The summed E-state index contributed by atoms with van der Waals surface area (Å²) >= 11 is 5.95. The van der Waals surface area contributed by atoms with Crippen LogP contribution >= 0.6 is 11.6 Å². The van der Waals surface area contributed by atoms with E-state index in [0.29, 0.717) is 18.6 Å². The molecule has 0 bridgehead atoms. The van der Waals surface area contributed by atoms with E-state index in [1.54, 1.807) is 6.07 Å². The Kier molecular flexibility index (Phi) is 6.55. The molecule has 0 aliphatic rings. The molecule has 0 unspecified atom stereocenters. The Balaban J connectivity index is 2.33. The molecule has 0 saturated carbocycles. The van der Waals surface area contributed by atoms with E-state index in [-0.39, 0.29) is 21.9 Å². The van der Waals surface area contributed by atoms with E-state index >= 15 is 0 Å². The summed E-state index contributed by atoms with van der Waals surface area (Å²) in [6, 6.07) is 5.67. The Morgan fingerprint density at radius 1 is 0.875 bits per heavy atom. The van der Waals surface area contributed by atoms with Crippen LogP contribution in [0.4, 0.5) is 13.2 Å². The molecule has 1 nitrogen and oxygen atoms in total. The molecule has 2 rings (SSSR count). The first-order valence-corrected chi connectivity index (χ1v) is 8.47. The molecule has 0 atom stereocenters. The Morgan fingerprint density at radius 2 is 1.54 bits per heavy atom. The second-order valence-corrected chi connectivity index (χ2v) is 5.93. The maximum atomic E-state index is 14.4. The van der Waals surface area contributed by atoms with Crippen LogP contribution in [0.2, 0.25) is 5.02 Å². The second kappa shape index (κ2) is 8.43. The van der Waals surface area contributed by atoms with E-state index < -0.39 is 17.5 Å². The van der Waals surface area contributed by atoms with Gasteiger partial charge in [0, 0.05) is 11.1 Å². The van der Waals surface area contributed by atoms with Gasteiger partial charge in [-0.15, -0.1) is 0 Å². The van der Waals surface area contributed by atoms with Gasteiger partial charge in [0.1, 0.15) is 5.82 Å². The lowest BCUT2D eigenvalue weighted by Crippen LogP contribution is -2.02. The van der Waals surface area contributed by atoms with Crippen molar-refractivity contribution in [1.82, 2.24) is 0 Å². The van der Waals surface area contributed by atoms with Crippen LogP contribution in [0.5, 0.6) is 5.75 Å². The topological polar surface area (TPSA) is 9.23 Å². The summed E-state index contributed by atoms with van der Waals surface area (Å²) < 4.78 is 48.2. The largest absolute Gasteiger partial charge is 0.490 e. The molecule has 0 aliphatic heterocycles. The molecular formula is C19H20ClF3O. The van der Waals surface area contributed by atoms with Crippen LogP contribution < -0.4 is 4.74 Å². The van der Waals surface area contributed by atoms with Gasteiger partial charge in [-0.25, -0.2) is 8.78 Å². The average molecular weight is 357 g/mol. The number of hydrogen-bond acceptors (Lipinski definition) is 1. The van der Waals surface area contributed by atoms with Crippen LogP contribution in [0.3, 0.4) is 0 Å². The first-order chi connectivity index (χ1) is 11.5. The molecule has 0 spiro atoms. The fourth-order valence-corrected chi connectivity index (χ4v) is 2.75. The van der Waals surface area contributed by atoms with Gasteiger partial charge in [0.25, 0.3) is 0 Å². The van der Waals surface area contributed by atoms with Crippen LogP contribution in [-0.2, 0) is 6.42 Å². The quantitative estimate of drug-likeness (QED) is 0.511. The van der Waals surface area contributed by atoms with Crippen molar-refractivity contribution in [3.8, 4) is 16.9 Å². The second-order valence-electron chi connectivity index (χ2n) is 5.55. The van der Waals surface area contributed by atoms with Crippen LogP contribution in [0.15, 0.2) is 24.3 Å². The van der Waals surface area contributed by atoms with Crippen molar-refractivity contribution in [2.45, 2.75) is 39.5 Å². The highest BCUT2D eigenvalue weighted by Gasteiger charge is 2.20. The molecule has 0 fully saturated rings. The van der Waals surface area contributed by atoms with Gasteiger partial charge in [0.05, 0.1) is 11.6 Å². The molecule has 0 N–H and O–H groups in total. The number of unbranched alkanes of at least 4 members (excludes halogenated alkanes) is 2. The van der Waals surface area contributed by atoms with E-state index in [1.807, 2.05) is 13.8 Å². The molecule has 24 heavy (non-hydrogen) atoms. The fourth-order valence-electron chi connectivity index (χ4n) is 2.46. The van der Waals surface area contributed by atoms with Crippen LogP contribution in [0.1, 0.15) is 38.7 Å². The molecule has 130 valence electrons. The highest BCUT2D eigenvalue weighted by atomic mass is 35.5. The van der Waals surface area contributed by atoms with E-state index in [2.05, 4.69) is 0 Å². The molecule has 0 saturated heterocycles. The highest BCUT2D eigenvalue weighted by molar-refractivity contribution is 6.31. The fraction of sp³-hybridized carbons (Fsp3) is 0.368. The molecule has 5 heteroatoms. The standard InChI is InChI=1S/C19H20ClF3O/c1-3-5-6-11-24-15-10-9-14(18(22)19(15)23)13-8-7-12(4-2)16(20)17(13)21/h7-10H,3-6,11H2,1-2H3. The number of hydrogen-bond donors (Lipinski definition) is 0. The zero-order valence-corrected chi connectivity index (χ0v) is 14.5. The van der Waals surface area contributed by atoms with Gasteiger partial charge in [-0.2, -0.15) is 4.39 Å². The molecule has 0 aromatic heterocycles. The lowest BCUT2D eigenvalue weighted by Gasteiger charge is -2.12. The highest BCUT2D eigenvalue weighted by Crippen LogP contribution is 2.35. The Bertz CT molecular complexity index is 716. The van der Waals surface area contributed by atoms with Crippen molar-refractivity contribution in [2.75, 3.05) is 6.61 Å². The third kappa shape index (κ3) is 3.86. The van der Waals surface area contributed by atoms with Gasteiger partial charge in [-0.05, 0) is 30.5 Å². The maximum Gasteiger partial charge on any atom is 0.201 e. The van der Waals surface area contributed by atoms with E-state index in [1.165, 1.54) is 18.2 Å². The first-order valence-electron chi connectivity index (χ1n) is 8.09. The van der Waals surface area contributed by atoms with Crippen molar-refractivity contribution >= 4 is 11.6 Å². The number of ether oxygens (including phenoxy) is 1. The van der Waals surface area contributed by atoms with Gasteiger partial charge in [0.15, 0.2) is 11.6 Å². The molecule has 0 radical (unpaired) electrons. The summed E-state index contributed by atoms with van der Waals surface area (Å²) in [4.78, 5) is 0. The van der Waals surface area contributed by atoms with Crippen molar-refractivity contribution in [2.24, 2.45) is 0 Å². The predicted molar refractivity (Wildman–Crippen MR) is 91.2 cm³/mol. The van der Waals surface area contributed by atoms with E-state index in [9.17, 15) is 13.2 Å². The smallest absolute Gasteiger partial charge is 0.201 e. The molecule has 0 amide bonds. The summed E-state index contributed by atoms with van der Waals surface area (Å²) in [5.41, 5.74) is 0.385. The van der Waals surface area contributed by atoms with Gasteiger partial charge >= 0.3 is 0 Å². The van der Waals surface area contributed by atoms with Crippen molar-refractivity contribution in [1.29, 1.82) is 0 Å². The first kappa shape index (κ1) is 18.7. The van der Waals surface area contributed by atoms with Gasteiger partial charge in [0.2, 0.25) is 5.82 Å². The van der Waals surface area contributed by atoms with Crippen LogP contribution in [-0.4, -0.2) is 6.61 Å². The number of rotatable bonds is 7. The number of halogens is 4. The molecule has 0 heterocycles. The SMILES string of the molecule is CCCCCOc1ccc(-c2ccc(CC)c(Cl)c2F)c(F)c1F. The van der Waals surface area contributed by atoms with Crippen molar-refractivity contribution in [3.05, 3.63) is 52.3 Å². The van der Waals surface area contributed by atoms with Crippen molar-refractivity contribution in [3.63, 3.8) is 0 Å². The third-order valence-corrected chi connectivity index (χ3v) is 4.29. The lowest BCUT2D eigenvalue weighted by molar-refractivity contribution is 0.286. The minimum Gasteiger partial charge on any atom is -0.490 e. The monoisotopic (exact) mass is 356 g/mol. The maximum absolute atomic E-state index is 14.4. The van der Waals surface area contributed by atoms with Crippen molar-refractivity contribution < 1.29 is 17.9 Å². The zero-order valence-electron chi connectivity index (χ0n) is 13.8. The molecular weight excluding hydrogens is 337 g/mol. The molecule has 2 aromatic rings. The van der Waals surface area contributed by atoms with Crippen LogP contribution in [0.25, 0.3) is 11.1 Å². The minimum atomic E-state index is -1.14. The van der Waals surface area contributed by atoms with Gasteiger partial charge < -0.3 is 4.74 Å². The van der Waals surface area contributed by atoms with Gasteiger partial charge in [-0.1, -0.05) is 50.4 Å². The molecule has 0 aliphatic carbocycles. The number of aryl methyl sites for hydroxylation is 1. The Labute approximate surface area is 145 Å². The zero-order chi connectivity index (χ0) is 17.7. The summed E-state index contributed by atoms with van der Waals surface area (Å²) in [6.45, 7) is 4.19. The Morgan fingerprint density at radius 3 is 2.21 bits per heavy atom. The summed E-state index contributed by atoms with van der Waals surface area (Å²) in [7, 11) is 0. The van der Waals surface area contributed by atoms with Gasteiger partial charge in [-0.3, -0.25) is 0 Å². The normalized spacial score (nSPS) is 10.9. The minimum absolute atomic E-state index is 0.0605.